The predicted octanol–water partition coefficient (Wildman–Crippen LogP) is 2.67. The molecule has 2 aliphatic heterocycles. The molecule has 2 aromatic rings. The fourth-order valence-corrected chi connectivity index (χ4v) is 4.59. The van der Waals surface area contributed by atoms with Gasteiger partial charge in [0, 0.05) is 28.9 Å². The average Bonchev–Trinajstić information content (AvgIpc) is 2.68. The Labute approximate surface area is 170 Å². The van der Waals surface area contributed by atoms with E-state index < -0.39 is 0 Å². The summed E-state index contributed by atoms with van der Waals surface area (Å²) in [5.41, 5.74) is 5.71. The SMILES string of the molecule is CC(Nc1ccc2ncc3c(c2c1)CCOC3)/C(C=NC1CC2(COC2)C1)=N/N. The molecule has 5 rings (SSSR count). The molecule has 1 saturated carbocycles. The molecule has 0 bridgehead atoms. The standard InChI is InChI=1S/C22H27N5O2/c1-14(21(27-23)10-24-17-7-22(8-17)12-29-13-22)26-16-2-3-20-19(6-16)18-4-5-28-11-15(18)9-25-20/h2-3,6,9-10,14,17,26H,4-5,7-8,11-13,23H2,1H3/b24-10?,27-21+. The number of ether oxygens (including phenoxy) is 2. The summed E-state index contributed by atoms with van der Waals surface area (Å²) in [6.45, 7) is 5.23. The molecule has 0 amide bonds. The molecule has 0 radical (unpaired) electrons. The van der Waals surface area contributed by atoms with Crippen molar-refractivity contribution in [3.8, 4) is 0 Å². The van der Waals surface area contributed by atoms with Crippen LogP contribution in [0.15, 0.2) is 34.5 Å². The Bertz CT molecular complexity index is 975. The zero-order chi connectivity index (χ0) is 19.8. The van der Waals surface area contributed by atoms with Crippen molar-refractivity contribution in [1.29, 1.82) is 0 Å². The molecule has 3 aliphatic rings. The number of benzene rings is 1. The van der Waals surface area contributed by atoms with Gasteiger partial charge in [-0.25, -0.2) is 0 Å². The lowest BCUT2D eigenvalue weighted by Crippen LogP contribution is -2.54. The number of hydrogen-bond donors (Lipinski definition) is 2. The molecule has 1 spiro atoms. The molecular formula is C22H27N5O2. The Kier molecular flexibility index (Phi) is 4.72. The van der Waals surface area contributed by atoms with E-state index in [0.29, 0.717) is 18.1 Å². The highest BCUT2D eigenvalue weighted by atomic mass is 16.5. The fourth-order valence-electron chi connectivity index (χ4n) is 4.59. The minimum atomic E-state index is -0.0434. The summed E-state index contributed by atoms with van der Waals surface area (Å²) < 4.78 is 10.9. The third-order valence-corrected chi connectivity index (χ3v) is 6.37. The molecule has 1 aromatic carbocycles. The summed E-state index contributed by atoms with van der Waals surface area (Å²) in [5, 5.41) is 8.66. The molecule has 7 heteroatoms. The smallest absolute Gasteiger partial charge is 0.0997 e. The zero-order valence-corrected chi connectivity index (χ0v) is 16.7. The van der Waals surface area contributed by atoms with Crippen molar-refractivity contribution in [2.75, 3.05) is 25.1 Å². The minimum Gasteiger partial charge on any atom is -0.380 e. The van der Waals surface area contributed by atoms with Crippen LogP contribution in [0.1, 0.15) is 30.9 Å². The van der Waals surface area contributed by atoms with Crippen LogP contribution in [0.4, 0.5) is 5.69 Å². The lowest BCUT2D eigenvalue weighted by molar-refractivity contribution is -0.162. The molecule has 2 fully saturated rings. The molecule has 1 aromatic heterocycles. The largest absolute Gasteiger partial charge is 0.380 e. The second-order valence-corrected chi connectivity index (χ2v) is 8.55. The maximum absolute atomic E-state index is 5.66. The Morgan fingerprint density at radius 1 is 1.34 bits per heavy atom. The van der Waals surface area contributed by atoms with Crippen LogP contribution in [-0.2, 0) is 22.5 Å². The number of anilines is 1. The van der Waals surface area contributed by atoms with Gasteiger partial charge in [0.25, 0.3) is 0 Å². The highest BCUT2D eigenvalue weighted by Crippen LogP contribution is 2.48. The van der Waals surface area contributed by atoms with E-state index in [1.807, 2.05) is 12.4 Å². The second kappa shape index (κ2) is 7.39. The van der Waals surface area contributed by atoms with Gasteiger partial charge < -0.3 is 20.6 Å². The van der Waals surface area contributed by atoms with Crippen LogP contribution in [0.3, 0.4) is 0 Å². The second-order valence-electron chi connectivity index (χ2n) is 8.55. The first kappa shape index (κ1) is 18.5. The maximum atomic E-state index is 5.66. The van der Waals surface area contributed by atoms with E-state index in [2.05, 4.69) is 40.5 Å². The van der Waals surface area contributed by atoms with Crippen LogP contribution >= 0.6 is 0 Å². The highest BCUT2D eigenvalue weighted by Gasteiger charge is 2.49. The Morgan fingerprint density at radius 3 is 2.97 bits per heavy atom. The van der Waals surface area contributed by atoms with Crippen LogP contribution in [0, 0.1) is 5.41 Å². The van der Waals surface area contributed by atoms with Crippen molar-refractivity contribution < 1.29 is 9.47 Å². The number of hydrogen-bond acceptors (Lipinski definition) is 7. The van der Waals surface area contributed by atoms with Gasteiger partial charge in [0.1, 0.15) is 0 Å². The summed E-state index contributed by atoms with van der Waals surface area (Å²) in [4.78, 5) is 9.27. The number of aliphatic imine (C=N–C) groups is 1. The molecule has 1 atom stereocenters. The highest BCUT2D eigenvalue weighted by molar-refractivity contribution is 6.33. The first-order valence-corrected chi connectivity index (χ1v) is 10.3. The van der Waals surface area contributed by atoms with Gasteiger partial charge in [0.2, 0.25) is 0 Å². The first-order valence-electron chi connectivity index (χ1n) is 10.3. The van der Waals surface area contributed by atoms with Crippen molar-refractivity contribution in [3.63, 3.8) is 0 Å². The number of rotatable bonds is 5. The number of nitrogens with one attached hydrogen (secondary N) is 1. The summed E-state index contributed by atoms with van der Waals surface area (Å²) >= 11 is 0. The molecule has 1 saturated heterocycles. The number of aromatic nitrogens is 1. The third-order valence-electron chi connectivity index (χ3n) is 6.37. The van der Waals surface area contributed by atoms with Gasteiger partial charge >= 0.3 is 0 Å². The molecule has 29 heavy (non-hydrogen) atoms. The maximum Gasteiger partial charge on any atom is 0.0997 e. The van der Waals surface area contributed by atoms with E-state index in [4.69, 9.17) is 20.3 Å². The fraction of sp³-hybridized carbons (Fsp3) is 0.500. The monoisotopic (exact) mass is 393 g/mol. The Balaban J connectivity index is 1.29. The quantitative estimate of drug-likeness (QED) is 0.463. The summed E-state index contributed by atoms with van der Waals surface area (Å²) in [5.74, 6) is 5.66. The first-order chi connectivity index (χ1) is 14.2. The van der Waals surface area contributed by atoms with E-state index in [1.54, 1.807) is 0 Å². The predicted molar refractivity (Wildman–Crippen MR) is 115 cm³/mol. The number of nitrogens with zero attached hydrogens (tertiary/aromatic N) is 3. The van der Waals surface area contributed by atoms with Gasteiger partial charge in [0.15, 0.2) is 0 Å². The Morgan fingerprint density at radius 2 is 2.21 bits per heavy atom. The third kappa shape index (κ3) is 3.49. The molecule has 3 heterocycles. The van der Waals surface area contributed by atoms with Gasteiger partial charge in [0.05, 0.1) is 49.7 Å². The van der Waals surface area contributed by atoms with E-state index in [1.165, 1.54) is 16.5 Å². The molecule has 1 aliphatic carbocycles. The lowest BCUT2D eigenvalue weighted by atomic mass is 9.64. The normalized spacial score (nSPS) is 22.3. The molecule has 7 nitrogen and oxygen atoms in total. The number of fused-ring (bicyclic) bond motifs is 3. The van der Waals surface area contributed by atoms with Gasteiger partial charge in [-0.05, 0) is 55.5 Å². The van der Waals surface area contributed by atoms with Crippen molar-refractivity contribution >= 4 is 28.5 Å². The Hall–Kier alpha value is -2.51. The van der Waals surface area contributed by atoms with E-state index in [0.717, 1.165) is 56.0 Å². The van der Waals surface area contributed by atoms with E-state index >= 15 is 0 Å². The zero-order valence-electron chi connectivity index (χ0n) is 16.7. The average molecular weight is 393 g/mol. The summed E-state index contributed by atoms with van der Waals surface area (Å²) in [7, 11) is 0. The van der Waals surface area contributed by atoms with Crippen LogP contribution in [-0.4, -0.2) is 48.8 Å². The molecule has 152 valence electrons. The van der Waals surface area contributed by atoms with Crippen molar-refractivity contribution in [2.24, 2.45) is 21.4 Å². The van der Waals surface area contributed by atoms with E-state index in [9.17, 15) is 0 Å². The van der Waals surface area contributed by atoms with Gasteiger partial charge in [-0.3, -0.25) is 9.98 Å². The van der Waals surface area contributed by atoms with E-state index in [-0.39, 0.29) is 6.04 Å². The number of nitrogens with two attached hydrogens (primary N) is 1. The van der Waals surface area contributed by atoms with Crippen molar-refractivity contribution in [2.45, 2.75) is 44.9 Å². The summed E-state index contributed by atoms with van der Waals surface area (Å²) in [6, 6.07) is 6.60. The van der Waals surface area contributed by atoms with Crippen LogP contribution < -0.4 is 11.2 Å². The molecule has 3 N–H and O–H groups in total. The van der Waals surface area contributed by atoms with Crippen LogP contribution in [0.5, 0.6) is 0 Å². The lowest BCUT2D eigenvalue weighted by Gasteiger charge is -2.51. The number of hydrazone groups is 1. The van der Waals surface area contributed by atoms with Crippen molar-refractivity contribution in [1.82, 2.24) is 4.98 Å². The topological polar surface area (TPSA) is 94.1 Å². The van der Waals surface area contributed by atoms with Gasteiger partial charge in [-0.2, -0.15) is 5.10 Å². The minimum absolute atomic E-state index is 0.0434. The van der Waals surface area contributed by atoms with Gasteiger partial charge in [-0.15, -0.1) is 0 Å². The van der Waals surface area contributed by atoms with Crippen LogP contribution in [0.2, 0.25) is 0 Å². The number of pyridine rings is 1. The van der Waals surface area contributed by atoms with Crippen LogP contribution in [0.25, 0.3) is 10.9 Å². The molecule has 1 unspecified atom stereocenters. The molecular weight excluding hydrogens is 366 g/mol. The van der Waals surface area contributed by atoms with Gasteiger partial charge in [-0.1, -0.05) is 0 Å². The van der Waals surface area contributed by atoms with Crippen molar-refractivity contribution in [3.05, 3.63) is 35.5 Å². The summed E-state index contributed by atoms with van der Waals surface area (Å²) in [6.07, 6.45) is 6.90.